The number of aliphatic hydroxyl groups is 1. The smallest absolute Gasteiger partial charge is 0.165 e. The summed E-state index contributed by atoms with van der Waals surface area (Å²) in [6, 6.07) is 4.28. The maximum absolute atomic E-state index is 13.0. The molecule has 0 aliphatic carbocycles. The predicted octanol–water partition coefficient (Wildman–Crippen LogP) is 2.28. The first-order valence-electron chi connectivity index (χ1n) is 4.64. The van der Waals surface area contributed by atoms with Gasteiger partial charge in [0.25, 0.3) is 0 Å². The molecule has 1 unspecified atom stereocenters. The van der Waals surface area contributed by atoms with Gasteiger partial charge < -0.3 is 9.84 Å². The number of benzene rings is 1. The molecule has 1 aromatic carbocycles. The van der Waals surface area contributed by atoms with E-state index in [2.05, 4.69) is 5.92 Å². The van der Waals surface area contributed by atoms with Gasteiger partial charge in [0, 0.05) is 6.42 Å². The highest BCUT2D eigenvalue weighted by atomic mass is 19.1. The Bertz CT molecular complexity index is 368. The second-order valence-electron chi connectivity index (χ2n) is 3.15. The Labute approximate surface area is 88.7 Å². The van der Waals surface area contributed by atoms with E-state index in [9.17, 15) is 9.50 Å². The molecular weight excluding hydrogens is 195 g/mol. The molecule has 3 heteroatoms. The molecular formula is C12H13FO2. The van der Waals surface area contributed by atoms with Crippen LogP contribution in [-0.4, -0.2) is 12.2 Å². The van der Waals surface area contributed by atoms with Crippen LogP contribution in [0.4, 0.5) is 4.39 Å². The van der Waals surface area contributed by atoms with Gasteiger partial charge in [0.1, 0.15) is 0 Å². The molecule has 0 fully saturated rings. The quantitative estimate of drug-likeness (QED) is 0.769. The molecule has 0 saturated heterocycles. The van der Waals surface area contributed by atoms with Gasteiger partial charge in [-0.15, -0.1) is 12.3 Å². The standard InChI is InChI=1S/C12H13FO2/c1-3-4-5-11(14)9-6-7-10(13)12(8-9)15-2/h1,6-8,11,14H,4-5H2,2H3. The summed E-state index contributed by atoms with van der Waals surface area (Å²) in [6.45, 7) is 0. The molecule has 1 atom stereocenters. The van der Waals surface area contributed by atoms with Gasteiger partial charge in [0.05, 0.1) is 13.2 Å². The van der Waals surface area contributed by atoms with Crippen LogP contribution in [0.2, 0.25) is 0 Å². The number of methoxy groups -OCH3 is 1. The van der Waals surface area contributed by atoms with Crippen molar-refractivity contribution < 1.29 is 14.2 Å². The number of hydrogen-bond acceptors (Lipinski definition) is 2. The van der Waals surface area contributed by atoms with Crippen LogP contribution in [0.3, 0.4) is 0 Å². The fraction of sp³-hybridized carbons (Fsp3) is 0.333. The molecule has 0 saturated carbocycles. The molecule has 0 bridgehead atoms. The molecule has 0 radical (unpaired) electrons. The second kappa shape index (κ2) is 5.38. The Morgan fingerprint density at radius 2 is 2.33 bits per heavy atom. The van der Waals surface area contributed by atoms with Crippen molar-refractivity contribution in [2.24, 2.45) is 0 Å². The van der Waals surface area contributed by atoms with Crippen LogP contribution >= 0.6 is 0 Å². The SMILES string of the molecule is C#CCCC(O)c1ccc(F)c(OC)c1. The topological polar surface area (TPSA) is 29.5 Å². The van der Waals surface area contributed by atoms with E-state index in [1.807, 2.05) is 0 Å². The molecule has 0 aromatic heterocycles. The zero-order chi connectivity index (χ0) is 11.3. The van der Waals surface area contributed by atoms with Crippen molar-refractivity contribution in [1.29, 1.82) is 0 Å². The highest BCUT2D eigenvalue weighted by Gasteiger charge is 2.10. The number of ether oxygens (including phenoxy) is 1. The van der Waals surface area contributed by atoms with Gasteiger partial charge in [-0.3, -0.25) is 0 Å². The van der Waals surface area contributed by atoms with Gasteiger partial charge in [-0.2, -0.15) is 0 Å². The third kappa shape index (κ3) is 2.97. The lowest BCUT2D eigenvalue weighted by Crippen LogP contribution is -1.98. The summed E-state index contributed by atoms with van der Waals surface area (Å²) in [7, 11) is 1.38. The van der Waals surface area contributed by atoms with Crippen LogP contribution in [0.25, 0.3) is 0 Å². The first-order chi connectivity index (χ1) is 7.19. The summed E-state index contributed by atoms with van der Waals surface area (Å²) in [5.74, 6) is 2.14. The van der Waals surface area contributed by atoms with E-state index in [-0.39, 0.29) is 5.75 Å². The van der Waals surface area contributed by atoms with Crippen molar-refractivity contribution >= 4 is 0 Å². The molecule has 1 N–H and O–H groups in total. The van der Waals surface area contributed by atoms with Crippen LogP contribution in [-0.2, 0) is 0 Å². The molecule has 0 aliphatic heterocycles. The van der Waals surface area contributed by atoms with Gasteiger partial charge >= 0.3 is 0 Å². The largest absolute Gasteiger partial charge is 0.494 e. The van der Waals surface area contributed by atoms with Crippen LogP contribution in [0.15, 0.2) is 18.2 Å². The molecule has 1 aromatic rings. The van der Waals surface area contributed by atoms with Gasteiger partial charge in [0.15, 0.2) is 11.6 Å². The first-order valence-corrected chi connectivity index (χ1v) is 4.64. The van der Waals surface area contributed by atoms with Crippen LogP contribution < -0.4 is 4.74 Å². The van der Waals surface area contributed by atoms with Crippen molar-refractivity contribution in [3.05, 3.63) is 29.6 Å². The van der Waals surface area contributed by atoms with Crippen molar-refractivity contribution in [1.82, 2.24) is 0 Å². The van der Waals surface area contributed by atoms with Crippen LogP contribution in [0.5, 0.6) is 5.75 Å². The predicted molar refractivity (Wildman–Crippen MR) is 56.0 cm³/mol. The summed E-state index contributed by atoms with van der Waals surface area (Å²) in [4.78, 5) is 0. The lowest BCUT2D eigenvalue weighted by atomic mass is 10.0. The average Bonchev–Trinajstić information content (AvgIpc) is 2.26. The number of aliphatic hydroxyl groups excluding tert-OH is 1. The maximum atomic E-state index is 13.0. The molecule has 80 valence electrons. The number of terminal acetylenes is 1. The Kier molecular flexibility index (Phi) is 4.14. The fourth-order valence-electron chi connectivity index (χ4n) is 1.27. The third-order valence-electron chi connectivity index (χ3n) is 2.12. The average molecular weight is 208 g/mol. The molecule has 0 heterocycles. The molecule has 2 nitrogen and oxygen atoms in total. The number of rotatable bonds is 4. The summed E-state index contributed by atoms with van der Waals surface area (Å²) < 4.78 is 17.9. The first kappa shape index (κ1) is 11.5. The van der Waals surface area contributed by atoms with Gasteiger partial charge in [-0.1, -0.05) is 6.07 Å². The molecule has 0 amide bonds. The highest BCUT2D eigenvalue weighted by Crippen LogP contribution is 2.24. The van der Waals surface area contributed by atoms with Gasteiger partial charge in [-0.25, -0.2) is 4.39 Å². The molecule has 0 spiro atoms. The number of halogens is 1. The normalized spacial score (nSPS) is 11.9. The summed E-state index contributed by atoms with van der Waals surface area (Å²) in [6.07, 6.45) is 5.37. The minimum atomic E-state index is -0.671. The van der Waals surface area contributed by atoms with E-state index in [1.165, 1.54) is 25.3 Å². The van der Waals surface area contributed by atoms with E-state index >= 15 is 0 Å². The highest BCUT2D eigenvalue weighted by molar-refractivity contribution is 5.31. The zero-order valence-electron chi connectivity index (χ0n) is 8.53. The van der Waals surface area contributed by atoms with Crippen LogP contribution in [0.1, 0.15) is 24.5 Å². The van der Waals surface area contributed by atoms with E-state index in [0.717, 1.165) is 0 Å². The van der Waals surface area contributed by atoms with Crippen molar-refractivity contribution in [3.63, 3.8) is 0 Å². The Hall–Kier alpha value is -1.53. The monoisotopic (exact) mass is 208 g/mol. The van der Waals surface area contributed by atoms with E-state index < -0.39 is 11.9 Å². The Morgan fingerprint density at radius 1 is 1.60 bits per heavy atom. The maximum Gasteiger partial charge on any atom is 0.165 e. The lowest BCUT2D eigenvalue weighted by Gasteiger charge is -2.11. The third-order valence-corrected chi connectivity index (χ3v) is 2.12. The summed E-state index contributed by atoms with van der Waals surface area (Å²) >= 11 is 0. The number of hydrogen-bond donors (Lipinski definition) is 1. The molecule has 1 rings (SSSR count). The lowest BCUT2D eigenvalue weighted by molar-refractivity contribution is 0.169. The molecule has 0 aliphatic rings. The minimum Gasteiger partial charge on any atom is -0.494 e. The van der Waals surface area contributed by atoms with Gasteiger partial charge in [0.2, 0.25) is 0 Å². The zero-order valence-corrected chi connectivity index (χ0v) is 8.53. The Balaban J connectivity index is 2.82. The van der Waals surface area contributed by atoms with E-state index in [4.69, 9.17) is 11.2 Å². The fourth-order valence-corrected chi connectivity index (χ4v) is 1.27. The van der Waals surface area contributed by atoms with Crippen molar-refractivity contribution in [2.75, 3.05) is 7.11 Å². The van der Waals surface area contributed by atoms with Crippen molar-refractivity contribution in [2.45, 2.75) is 18.9 Å². The minimum absolute atomic E-state index is 0.132. The second-order valence-corrected chi connectivity index (χ2v) is 3.15. The van der Waals surface area contributed by atoms with E-state index in [1.54, 1.807) is 0 Å². The van der Waals surface area contributed by atoms with Crippen LogP contribution in [0, 0.1) is 18.2 Å². The molecule has 15 heavy (non-hydrogen) atoms. The summed E-state index contributed by atoms with van der Waals surface area (Å²) in [5.41, 5.74) is 0.614. The van der Waals surface area contributed by atoms with E-state index in [0.29, 0.717) is 18.4 Å². The van der Waals surface area contributed by atoms with Crippen molar-refractivity contribution in [3.8, 4) is 18.1 Å². The Morgan fingerprint density at radius 3 is 2.93 bits per heavy atom. The van der Waals surface area contributed by atoms with Gasteiger partial charge in [-0.05, 0) is 24.1 Å². The summed E-state index contributed by atoms with van der Waals surface area (Å²) in [5, 5.41) is 9.69.